The van der Waals surface area contributed by atoms with Gasteiger partial charge >= 0.3 is 0 Å². The Labute approximate surface area is 156 Å². The minimum absolute atomic E-state index is 0.00140. The molecule has 9 heteroatoms. The van der Waals surface area contributed by atoms with Gasteiger partial charge in [0, 0.05) is 12.1 Å². The summed E-state index contributed by atoms with van der Waals surface area (Å²) in [4.78, 5) is 14.4. The highest BCUT2D eigenvalue weighted by molar-refractivity contribution is 7.92. The summed E-state index contributed by atoms with van der Waals surface area (Å²) < 4.78 is 49.9. The van der Waals surface area contributed by atoms with Crippen molar-refractivity contribution in [2.75, 3.05) is 23.0 Å². The predicted molar refractivity (Wildman–Crippen MR) is 99.7 cm³/mol. The number of sulfonamides is 1. The number of nitrogens with one attached hydrogen (secondary N) is 1. The van der Waals surface area contributed by atoms with Gasteiger partial charge in [0.2, 0.25) is 10.0 Å². The van der Waals surface area contributed by atoms with Crippen molar-refractivity contribution in [1.82, 2.24) is 0 Å². The topological polar surface area (TPSA) is 84.9 Å². The highest BCUT2D eigenvalue weighted by Gasteiger charge is 2.42. The Kier molecular flexibility index (Phi) is 4.51. The Bertz CT molecular complexity index is 1020. The van der Waals surface area contributed by atoms with Gasteiger partial charge < -0.3 is 9.47 Å². The van der Waals surface area contributed by atoms with Crippen LogP contribution < -0.4 is 19.1 Å². The summed E-state index contributed by atoms with van der Waals surface area (Å²) in [5.41, 5.74) is -0.0945. The van der Waals surface area contributed by atoms with E-state index in [9.17, 15) is 17.6 Å². The highest BCUT2D eigenvalue weighted by atomic mass is 32.2. The van der Waals surface area contributed by atoms with E-state index in [4.69, 9.17) is 9.47 Å². The van der Waals surface area contributed by atoms with Gasteiger partial charge in [-0.15, -0.1) is 0 Å². The van der Waals surface area contributed by atoms with Crippen LogP contribution in [0.4, 0.5) is 21.5 Å². The van der Waals surface area contributed by atoms with Crippen molar-refractivity contribution in [2.45, 2.75) is 19.4 Å². The maximum absolute atomic E-state index is 13.8. The molecule has 0 saturated carbocycles. The van der Waals surface area contributed by atoms with Crippen LogP contribution in [0, 0.1) is 5.82 Å². The number of methoxy groups -OCH3 is 1. The molecule has 1 aliphatic heterocycles. The number of carbonyl (C=O) groups excluding carboxylic acids is 1. The lowest BCUT2D eigenvalue weighted by Gasteiger charge is -2.39. The molecule has 1 heterocycles. The fraction of sp³-hybridized carbons (Fsp3) is 0.278. The number of nitrogens with zero attached hydrogens (tertiary/aromatic N) is 1. The van der Waals surface area contributed by atoms with Crippen molar-refractivity contribution in [3.8, 4) is 11.5 Å². The van der Waals surface area contributed by atoms with Gasteiger partial charge in [-0.1, -0.05) is 0 Å². The third kappa shape index (κ3) is 3.68. The molecule has 1 N–H and O–H groups in total. The molecule has 0 saturated heterocycles. The molecule has 3 rings (SSSR count). The van der Waals surface area contributed by atoms with Crippen molar-refractivity contribution in [3.05, 3.63) is 42.2 Å². The first kappa shape index (κ1) is 19.0. The lowest BCUT2D eigenvalue weighted by Crippen LogP contribution is -2.50. The Morgan fingerprint density at radius 1 is 1.19 bits per heavy atom. The van der Waals surface area contributed by atoms with E-state index in [0.29, 0.717) is 22.8 Å². The summed E-state index contributed by atoms with van der Waals surface area (Å²) in [5.74, 6) is -0.584. The van der Waals surface area contributed by atoms with Crippen LogP contribution in [0.25, 0.3) is 0 Å². The van der Waals surface area contributed by atoms with E-state index in [0.717, 1.165) is 6.26 Å². The number of hydrogen-bond donors (Lipinski definition) is 1. The Balaban J connectivity index is 2.14. The quantitative estimate of drug-likeness (QED) is 0.862. The summed E-state index contributed by atoms with van der Waals surface area (Å²) in [6.45, 7) is 3.20. The Morgan fingerprint density at radius 2 is 1.89 bits per heavy atom. The minimum atomic E-state index is -3.47. The Hall–Kier alpha value is -2.81. The predicted octanol–water partition coefficient (Wildman–Crippen LogP) is 3.04. The number of ether oxygens (including phenoxy) is 2. The molecule has 2 aromatic carbocycles. The molecular formula is C18H19FN2O5S. The fourth-order valence-electron chi connectivity index (χ4n) is 2.80. The molecule has 0 fully saturated rings. The first-order chi connectivity index (χ1) is 12.5. The van der Waals surface area contributed by atoms with Crippen LogP contribution in [-0.4, -0.2) is 33.3 Å². The van der Waals surface area contributed by atoms with Crippen LogP contribution in [0.15, 0.2) is 36.4 Å². The minimum Gasteiger partial charge on any atom is -0.494 e. The molecule has 7 nitrogen and oxygen atoms in total. The summed E-state index contributed by atoms with van der Waals surface area (Å²) in [6.07, 6.45) is 1.04. The number of fused-ring (bicyclic) bond motifs is 1. The third-order valence-electron chi connectivity index (χ3n) is 3.98. The van der Waals surface area contributed by atoms with Crippen molar-refractivity contribution in [3.63, 3.8) is 0 Å². The summed E-state index contributed by atoms with van der Waals surface area (Å²) >= 11 is 0. The van der Waals surface area contributed by atoms with E-state index >= 15 is 0 Å². The number of benzene rings is 2. The highest BCUT2D eigenvalue weighted by Crippen LogP contribution is 2.44. The van der Waals surface area contributed by atoms with E-state index < -0.39 is 21.4 Å². The molecule has 0 aromatic heterocycles. The zero-order valence-electron chi connectivity index (χ0n) is 15.2. The van der Waals surface area contributed by atoms with Crippen LogP contribution in [0.1, 0.15) is 13.8 Å². The molecule has 1 amide bonds. The second kappa shape index (κ2) is 6.41. The van der Waals surface area contributed by atoms with Gasteiger partial charge in [-0.05, 0) is 38.1 Å². The van der Waals surface area contributed by atoms with Gasteiger partial charge in [-0.3, -0.25) is 14.4 Å². The molecule has 144 valence electrons. The molecule has 0 radical (unpaired) electrons. The summed E-state index contributed by atoms with van der Waals surface area (Å²) in [5, 5.41) is 0. The number of carbonyl (C=O) groups is 1. The molecule has 2 aromatic rings. The van der Waals surface area contributed by atoms with Gasteiger partial charge in [0.15, 0.2) is 17.2 Å². The molecule has 0 unspecified atom stereocenters. The Morgan fingerprint density at radius 3 is 2.52 bits per heavy atom. The average molecular weight is 394 g/mol. The first-order valence-electron chi connectivity index (χ1n) is 8.01. The monoisotopic (exact) mass is 394 g/mol. The largest absolute Gasteiger partial charge is 0.494 e. The van der Waals surface area contributed by atoms with Crippen LogP contribution in [0.2, 0.25) is 0 Å². The SMILES string of the molecule is COc1cc(N2C(=O)C(C)(C)Oc3cc(NS(C)(=O)=O)ccc32)ccc1F. The molecule has 0 atom stereocenters. The number of rotatable bonds is 4. The zero-order chi connectivity index (χ0) is 20.0. The zero-order valence-corrected chi connectivity index (χ0v) is 16.1. The maximum Gasteiger partial charge on any atom is 0.275 e. The van der Waals surface area contributed by atoms with Gasteiger partial charge in [0.25, 0.3) is 5.91 Å². The van der Waals surface area contributed by atoms with E-state index in [1.54, 1.807) is 19.9 Å². The summed E-state index contributed by atoms with van der Waals surface area (Å²) in [7, 11) is -2.13. The smallest absolute Gasteiger partial charge is 0.275 e. The molecule has 1 aliphatic rings. The van der Waals surface area contributed by atoms with Gasteiger partial charge in [-0.2, -0.15) is 0 Å². The van der Waals surface area contributed by atoms with E-state index in [-0.39, 0.29) is 11.7 Å². The van der Waals surface area contributed by atoms with Crippen molar-refractivity contribution >= 4 is 33.0 Å². The number of anilines is 3. The first-order valence-corrected chi connectivity index (χ1v) is 9.90. The number of amides is 1. The normalized spacial score (nSPS) is 15.7. The molecule has 27 heavy (non-hydrogen) atoms. The van der Waals surface area contributed by atoms with Gasteiger partial charge in [0.05, 0.1) is 30.4 Å². The number of halogens is 1. The van der Waals surface area contributed by atoms with Gasteiger partial charge in [0.1, 0.15) is 5.75 Å². The van der Waals surface area contributed by atoms with E-state index in [1.165, 1.54) is 42.3 Å². The maximum atomic E-state index is 13.8. The fourth-order valence-corrected chi connectivity index (χ4v) is 3.35. The van der Waals surface area contributed by atoms with Crippen molar-refractivity contribution < 1.29 is 27.1 Å². The van der Waals surface area contributed by atoms with Crippen LogP contribution in [0.5, 0.6) is 11.5 Å². The van der Waals surface area contributed by atoms with Crippen LogP contribution >= 0.6 is 0 Å². The second-order valence-corrected chi connectivity index (χ2v) is 8.38. The average Bonchev–Trinajstić information content (AvgIpc) is 2.55. The molecule has 0 aliphatic carbocycles. The lowest BCUT2D eigenvalue weighted by molar-refractivity contribution is -0.131. The van der Waals surface area contributed by atoms with E-state index in [1.807, 2.05) is 0 Å². The molecular weight excluding hydrogens is 375 g/mol. The molecule has 0 bridgehead atoms. The van der Waals surface area contributed by atoms with Gasteiger partial charge in [-0.25, -0.2) is 12.8 Å². The van der Waals surface area contributed by atoms with Crippen molar-refractivity contribution in [2.24, 2.45) is 0 Å². The third-order valence-corrected chi connectivity index (χ3v) is 4.59. The second-order valence-electron chi connectivity index (χ2n) is 6.63. The van der Waals surface area contributed by atoms with E-state index in [2.05, 4.69) is 4.72 Å². The van der Waals surface area contributed by atoms with Crippen LogP contribution in [-0.2, 0) is 14.8 Å². The van der Waals surface area contributed by atoms with Crippen molar-refractivity contribution in [1.29, 1.82) is 0 Å². The number of hydrogen-bond acceptors (Lipinski definition) is 5. The molecule has 0 spiro atoms. The lowest BCUT2D eigenvalue weighted by atomic mass is 10.0. The van der Waals surface area contributed by atoms with Crippen LogP contribution in [0.3, 0.4) is 0 Å². The standard InChI is InChI=1S/C18H19FN2O5S/c1-18(2)17(22)21(12-6-7-13(19)15(10-12)25-3)14-8-5-11(9-16(14)26-18)20-27(4,23)24/h5-10,20H,1-4H3. The summed E-state index contributed by atoms with van der Waals surface area (Å²) in [6, 6.07) is 8.67.